The van der Waals surface area contributed by atoms with Crippen LogP contribution in [0.2, 0.25) is 0 Å². The molecule has 2 saturated heterocycles. The molecule has 0 radical (unpaired) electrons. The van der Waals surface area contributed by atoms with E-state index in [1.54, 1.807) is 54.6 Å². The van der Waals surface area contributed by atoms with Crippen LogP contribution in [-0.4, -0.2) is 123 Å². The summed E-state index contributed by atoms with van der Waals surface area (Å²) in [5, 5.41) is 10.6. The fourth-order valence-electron chi connectivity index (χ4n) is 6.23. The Hall–Kier alpha value is -5.72. The molecule has 2 heterocycles. The van der Waals surface area contributed by atoms with Crippen molar-refractivity contribution >= 4 is 35.8 Å². The molecule has 0 spiro atoms. The third-order valence-electron chi connectivity index (χ3n) is 8.68. The van der Waals surface area contributed by atoms with E-state index in [-0.39, 0.29) is 16.7 Å². The Bertz CT molecular complexity index is 1840. The summed E-state index contributed by atoms with van der Waals surface area (Å²) < 4.78 is 57.8. The van der Waals surface area contributed by atoms with E-state index < -0.39 is 110 Å². The third kappa shape index (κ3) is 11.0. The summed E-state index contributed by atoms with van der Waals surface area (Å²) in [5.41, 5.74) is 0.292. The number of carbonyl (C=O) groups excluding carboxylic acids is 6. The average molecular weight is 795 g/mol. The Morgan fingerprint density at radius 3 is 1.28 bits per heavy atom. The molecule has 3 aromatic rings. The minimum atomic E-state index is -1.71. The molecule has 10 atom stereocenters. The highest BCUT2D eigenvalue weighted by atomic mass is 16.8. The maximum absolute atomic E-state index is 13.7. The molecular formula is C40H42O17. The van der Waals surface area contributed by atoms with Gasteiger partial charge in [0, 0.05) is 27.9 Å². The second-order valence-electron chi connectivity index (χ2n) is 12.8. The highest BCUT2D eigenvalue weighted by Crippen LogP contribution is 2.34. The van der Waals surface area contributed by atoms with Crippen LogP contribution in [0.1, 0.15) is 51.8 Å². The minimum Gasteiger partial charge on any atom is -0.456 e. The van der Waals surface area contributed by atoms with Gasteiger partial charge in [0.15, 0.2) is 49.2 Å². The molecule has 0 unspecified atom stereocenters. The van der Waals surface area contributed by atoms with Gasteiger partial charge in [-0.15, -0.1) is 0 Å². The van der Waals surface area contributed by atoms with Gasteiger partial charge in [-0.1, -0.05) is 54.6 Å². The number of methoxy groups -OCH3 is 1. The number of carbonyl (C=O) groups is 6. The standard InChI is InChI=1S/C40H42O17/c1-22(42)50-31-29(54-39(48-4)34(52-24(3)44)32(31)51-23(2)43)21-49-40-35(57-38(47)27-18-12-7-13-19-27)33(56-37(46)26-16-10-6-11-17-26)30(28(20-41)53-40)55-36(45)25-14-8-5-9-15-25/h5-19,28-35,39-41H,20-21H2,1-4H3/t28-,29-,30-,31-,32+,33+,34-,35-,39+,40-/m1/s1. The molecule has 0 saturated carbocycles. The van der Waals surface area contributed by atoms with Crippen molar-refractivity contribution in [3.05, 3.63) is 108 Å². The molecular weight excluding hydrogens is 752 g/mol. The first-order valence-corrected chi connectivity index (χ1v) is 17.8. The Labute approximate surface area is 326 Å². The van der Waals surface area contributed by atoms with E-state index in [2.05, 4.69) is 0 Å². The van der Waals surface area contributed by atoms with Crippen LogP contribution in [0.4, 0.5) is 0 Å². The van der Waals surface area contributed by atoms with Crippen molar-refractivity contribution in [3.8, 4) is 0 Å². The van der Waals surface area contributed by atoms with Gasteiger partial charge in [-0.05, 0) is 36.4 Å². The van der Waals surface area contributed by atoms with Crippen molar-refractivity contribution in [3.63, 3.8) is 0 Å². The zero-order valence-corrected chi connectivity index (χ0v) is 31.3. The van der Waals surface area contributed by atoms with Crippen molar-refractivity contribution in [2.75, 3.05) is 20.3 Å². The largest absolute Gasteiger partial charge is 0.456 e. The highest BCUT2D eigenvalue weighted by molar-refractivity contribution is 5.91. The number of rotatable bonds is 14. The zero-order valence-electron chi connectivity index (χ0n) is 31.3. The van der Waals surface area contributed by atoms with E-state index in [0.717, 1.165) is 20.8 Å². The van der Waals surface area contributed by atoms with Crippen LogP contribution >= 0.6 is 0 Å². The van der Waals surface area contributed by atoms with Gasteiger partial charge < -0.3 is 52.5 Å². The van der Waals surface area contributed by atoms with Crippen molar-refractivity contribution < 1.29 is 81.2 Å². The van der Waals surface area contributed by atoms with Gasteiger partial charge in [0.1, 0.15) is 12.2 Å². The molecule has 57 heavy (non-hydrogen) atoms. The average Bonchev–Trinajstić information content (AvgIpc) is 3.20. The first-order chi connectivity index (χ1) is 27.4. The van der Waals surface area contributed by atoms with Gasteiger partial charge in [-0.25, -0.2) is 14.4 Å². The van der Waals surface area contributed by atoms with Gasteiger partial charge in [0.2, 0.25) is 0 Å². The maximum atomic E-state index is 13.7. The first-order valence-electron chi connectivity index (χ1n) is 17.8. The summed E-state index contributed by atoms with van der Waals surface area (Å²) in [6.07, 6.45) is -15.2. The Morgan fingerprint density at radius 1 is 0.491 bits per heavy atom. The minimum absolute atomic E-state index is 0.0840. The molecule has 1 N–H and O–H groups in total. The summed E-state index contributed by atoms with van der Waals surface area (Å²) in [6, 6.07) is 23.4. The molecule has 17 heteroatoms. The summed E-state index contributed by atoms with van der Waals surface area (Å²) in [4.78, 5) is 77.4. The second-order valence-corrected chi connectivity index (χ2v) is 12.8. The molecule has 304 valence electrons. The molecule has 2 fully saturated rings. The number of aliphatic hydroxyl groups is 1. The van der Waals surface area contributed by atoms with Crippen LogP contribution < -0.4 is 0 Å². The van der Waals surface area contributed by atoms with Crippen LogP contribution in [0.5, 0.6) is 0 Å². The van der Waals surface area contributed by atoms with Crippen LogP contribution in [0.3, 0.4) is 0 Å². The lowest BCUT2D eigenvalue weighted by Gasteiger charge is -2.46. The van der Waals surface area contributed by atoms with Crippen molar-refractivity contribution in [1.29, 1.82) is 0 Å². The van der Waals surface area contributed by atoms with Crippen LogP contribution in [-0.2, 0) is 61.8 Å². The lowest BCUT2D eigenvalue weighted by atomic mass is 9.97. The Morgan fingerprint density at radius 2 is 0.842 bits per heavy atom. The normalized spacial score (nSPS) is 26.9. The number of benzene rings is 3. The molecule has 2 aliphatic heterocycles. The predicted molar refractivity (Wildman–Crippen MR) is 191 cm³/mol. The van der Waals surface area contributed by atoms with E-state index >= 15 is 0 Å². The third-order valence-corrected chi connectivity index (χ3v) is 8.68. The van der Waals surface area contributed by atoms with Crippen molar-refractivity contribution in [1.82, 2.24) is 0 Å². The summed E-state index contributed by atoms with van der Waals surface area (Å²) in [7, 11) is 1.23. The maximum Gasteiger partial charge on any atom is 0.338 e. The lowest BCUT2D eigenvalue weighted by Crippen LogP contribution is -2.65. The van der Waals surface area contributed by atoms with Crippen molar-refractivity contribution in [2.24, 2.45) is 0 Å². The van der Waals surface area contributed by atoms with Crippen molar-refractivity contribution in [2.45, 2.75) is 82.2 Å². The Kier molecular flexibility index (Phi) is 14.8. The van der Waals surface area contributed by atoms with Gasteiger partial charge in [0.05, 0.1) is 29.9 Å². The number of hydrogen-bond acceptors (Lipinski definition) is 17. The molecule has 0 aliphatic carbocycles. The quantitative estimate of drug-likeness (QED) is 0.183. The van der Waals surface area contributed by atoms with Gasteiger partial charge in [-0.3, -0.25) is 14.4 Å². The van der Waals surface area contributed by atoms with Gasteiger partial charge >= 0.3 is 35.8 Å². The molecule has 0 bridgehead atoms. The van der Waals surface area contributed by atoms with E-state index in [4.69, 9.17) is 47.4 Å². The number of esters is 6. The first kappa shape index (κ1) is 42.4. The van der Waals surface area contributed by atoms with Crippen LogP contribution in [0.25, 0.3) is 0 Å². The topological polar surface area (TPSA) is 215 Å². The molecule has 0 amide bonds. The number of aliphatic hydroxyl groups excluding tert-OH is 1. The van der Waals surface area contributed by atoms with Crippen LogP contribution in [0, 0.1) is 0 Å². The van der Waals surface area contributed by atoms with Crippen LogP contribution in [0.15, 0.2) is 91.0 Å². The van der Waals surface area contributed by atoms with E-state index in [1.165, 1.54) is 43.5 Å². The number of hydrogen-bond donors (Lipinski definition) is 1. The highest BCUT2D eigenvalue weighted by Gasteiger charge is 2.55. The predicted octanol–water partition coefficient (Wildman–Crippen LogP) is 2.56. The molecule has 3 aromatic carbocycles. The molecule has 5 rings (SSSR count). The number of ether oxygens (including phenoxy) is 10. The van der Waals surface area contributed by atoms with E-state index in [1.807, 2.05) is 0 Å². The van der Waals surface area contributed by atoms with E-state index in [9.17, 15) is 33.9 Å². The second kappa shape index (κ2) is 19.9. The molecule has 0 aromatic heterocycles. The fraction of sp³-hybridized carbons (Fsp3) is 0.400. The summed E-state index contributed by atoms with van der Waals surface area (Å²) in [5.74, 6) is -5.14. The Balaban J connectivity index is 1.54. The lowest BCUT2D eigenvalue weighted by molar-refractivity contribution is -0.329. The molecule has 17 nitrogen and oxygen atoms in total. The monoisotopic (exact) mass is 794 g/mol. The zero-order chi connectivity index (χ0) is 41.1. The smallest absolute Gasteiger partial charge is 0.338 e. The summed E-state index contributed by atoms with van der Waals surface area (Å²) in [6.45, 7) is 1.87. The molecule has 2 aliphatic rings. The van der Waals surface area contributed by atoms with Gasteiger partial charge in [0.25, 0.3) is 0 Å². The van der Waals surface area contributed by atoms with E-state index in [0.29, 0.717) is 0 Å². The van der Waals surface area contributed by atoms with Gasteiger partial charge in [-0.2, -0.15) is 0 Å². The summed E-state index contributed by atoms with van der Waals surface area (Å²) >= 11 is 0. The fourth-order valence-corrected chi connectivity index (χ4v) is 6.23. The SMILES string of the molecule is CO[C@H]1O[C@H](CO[C@@H]2O[C@H](CO)[C@@H](OC(=O)c3ccccc3)[C@H](OC(=O)c3ccccc3)[C@H]2OC(=O)c2ccccc2)[C@@H](OC(C)=O)[C@H](OC(C)=O)[C@H]1OC(C)=O.